The summed E-state index contributed by atoms with van der Waals surface area (Å²) in [5.41, 5.74) is 1.41. The van der Waals surface area contributed by atoms with Crippen LogP contribution >= 0.6 is 0 Å². The Hall–Kier alpha value is -1.90. The SMILES string of the molecule is COC(OC)c1cccc(NC(=O)CC#N)c1. The average molecular weight is 234 g/mol. The first-order valence-electron chi connectivity index (χ1n) is 5.03. The lowest BCUT2D eigenvalue weighted by atomic mass is 10.2. The van der Waals surface area contributed by atoms with E-state index in [4.69, 9.17) is 14.7 Å². The van der Waals surface area contributed by atoms with Crippen LogP contribution in [0.2, 0.25) is 0 Å². The largest absolute Gasteiger partial charge is 0.352 e. The second-order valence-electron chi connectivity index (χ2n) is 3.31. The number of amides is 1. The number of hydrogen-bond donors (Lipinski definition) is 1. The van der Waals surface area contributed by atoms with E-state index < -0.39 is 6.29 Å². The van der Waals surface area contributed by atoms with E-state index in [2.05, 4.69) is 5.32 Å². The van der Waals surface area contributed by atoms with Crippen LogP contribution in [-0.2, 0) is 14.3 Å². The van der Waals surface area contributed by atoms with Crippen LogP contribution in [0.1, 0.15) is 18.3 Å². The van der Waals surface area contributed by atoms with E-state index in [-0.39, 0.29) is 12.3 Å². The molecule has 1 N–H and O–H groups in total. The topological polar surface area (TPSA) is 71.3 Å². The third-order valence-corrected chi connectivity index (χ3v) is 2.11. The summed E-state index contributed by atoms with van der Waals surface area (Å²) in [4.78, 5) is 11.2. The summed E-state index contributed by atoms with van der Waals surface area (Å²) in [6.07, 6.45) is -0.634. The molecule has 1 aromatic rings. The molecule has 1 rings (SSSR count). The first kappa shape index (κ1) is 13.2. The van der Waals surface area contributed by atoms with Crippen LogP contribution in [0, 0.1) is 11.3 Å². The molecule has 0 atom stereocenters. The molecule has 5 heteroatoms. The van der Waals surface area contributed by atoms with Crippen molar-refractivity contribution in [2.75, 3.05) is 19.5 Å². The normalized spacial score (nSPS) is 10.0. The Morgan fingerprint density at radius 3 is 2.76 bits per heavy atom. The number of nitrogens with zero attached hydrogens (tertiary/aromatic N) is 1. The molecule has 0 radical (unpaired) electrons. The smallest absolute Gasteiger partial charge is 0.238 e. The molecule has 17 heavy (non-hydrogen) atoms. The summed E-state index contributed by atoms with van der Waals surface area (Å²) in [5.74, 6) is -0.337. The van der Waals surface area contributed by atoms with Gasteiger partial charge in [-0.1, -0.05) is 12.1 Å². The maximum Gasteiger partial charge on any atom is 0.238 e. The maximum absolute atomic E-state index is 11.2. The first-order valence-corrected chi connectivity index (χ1v) is 5.03. The molecule has 1 amide bonds. The standard InChI is InChI=1S/C12H14N2O3/c1-16-12(17-2)9-4-3-5-10(8-9)14-11(15)6-7-13/h3-5,8,12H,6H2,1-2H3,(H,14,15). The van der Waals surface area contributed by atoms with E-state index in [9.17, 15) is 4.79 Å². The second kappa shape index (κ2) is 6.63. The van der Waals surface area contributed by atoms with Gasteiger partial charge in [-0.3, -0.25) is 4.79 Å². The molecule has 0 bridgehead atoms. The van der Waals surface area contributed by atoms with Crippen LogP contribution in [-0.4, -0.2) is 20.1 Å². The number of methoxy groups -OCH3 is 2. The van der Waals surface area contributed by atoms with Gasteiger partial charge in [0, 0.05) is 25.5 Å². The number of rotatable bonds is 5. The highest BCUT2D eigenvalue weighted by molar-refractivity contribution is 5.92. The molecular formula is C12H14N2O3. The van der Waals surface area contributed by atoms with E-state index in [1.807, 2.05) is 6.07 Å². The number of ether oxygens (including phenoxy) is 2. The number of hydrogen-bond acceptors (Lipinski definition) is 4. The second-order valence-corrected chi connectivity index (χ2v) is 3.31. The fourth-order valence-electron chi connectivity index (χ4n) is 1.41. The fourth-order valence-corrected chi connectivity index (χ4v) is 1.41. The van der Waals surface area contributed by atoms with Crippen molar-refractivity contribution in [1.82, 2.24) is 0 Å². The monoisotopic (exact) mass is 234 g/mol. The number of anilines is 1. The zero-order valence-electron chi connectivity index (χ0n) is 9.77. The Labute approximate surface area is 100.0 Å². The van der Waals surface area contributed by atoms with Crippen LogP contribution < -0.4 is 5.32 Å². The quantitative estimate of drug-likeness (QED) is 0.789. The number of nitrogens with one attached hydrogen (secondary N) is 1. The Morgan fingerprint density at radius 1 is 1.47 bits per heavy atom. The van der Waals surface area contributed by atoms with Crippen LogP contribution in [0.25, 0.3) is 0 Å². The van der Waals surface area contributed by atoms with E-state index in [1.165, 1.54) is 14.2 Å². The molecule has 1 aromatic carbocycles. The zero-order valence-corrected chi connectivity index (χ0v) is 9.77. The molecule has 0 aliphatic rings. The van der Waals surface area contributed by atoms with Gasteiger partial charge in [-0.25, -0.2) is 0 Å². The summed E-state index contributed by atoms with van der Waals surface area (Å²) in [6, 6.07) is 8.88. The van der Waals surface area contributed by atoms with Gasteiger partial charge in [-0.05, 0) is 12.1 Å². The Balaban J connectivity index is 2.79. The molecule has 5 nitrogen and oxygen atoms in total. The van der Waals surface area contributed by atoms with Gasteiger partial charge in [-0.2, -0.15) is 5.26 Å². The molecule has 0 heterocycles. The zero-order chi connectivity index (χ0) is 12.7. The molecule has 0 aromatic heterocycles. The molecule has 0 fully saturated rings. The highest BCUT2D eigenvalue weighted by Crippen LogP contribution is 2.20. The average Bonchev–Trinajstić information content (AvgIpc) is 2.31. The molecule has 0 saturated heterocycles. The summed E-state index contributed by atoms with van der Waals surface area (Å²) >= 11 is 0. The Bertz CT molecular complexity index is 422. The van der Waals surface area contributed by atoms with Gasteiger partial charge in [0.2, 0.25) is 5.91 Å². The van der Waals surface area contributed by atoms with Crippen LogP contribution in [0.4, 0.5) is 5.69 Å². The summed E-state index contributed by atoms with van der Waals surface area (Å²) in [6.45, 7) is 0. The van der Waals surface area contributed by atoms with E-state index in [0.717, 1.165) is 5.56 Å². The van der Waals surface area contributed by atoms with E-state index >= 15 is 0 Å². The molecule has 0 spiro atoms. The van der Waals surface area contributed by atoms with Gasteiger partial charge >= 0.3 is 0 Å². The number of carbonyl (C=O) groups excluding carboxylic acids is 1. The van der Waals surface area contributed by atoms with Crippen molar-refractivity contribution in [3.8, 4) is 6.07 Å². The highest BCUT2D eigenvalue weighted by atomic mass is 16.7. The summed E-state index contributed by atoms with van der Waals surface area (Å²) in [5, 5.41) is 11.0. The Morgan fingerprint density at radius 2 is 2.18 bits per heavy atom. The van der Waals surface area contributed by atoms with Crippen LogP contribution in [0.3, 0.4) is 0 Å². The predicted octanol–water partition coefficient (Wildman–Crippen LogP) is 1.83. The van der Waals surface area contributed by atoms with Crippen molar-refractivity contribution in [2.24, 2.45) is 0 Å². The molecule has 0 aliphatic heterocycles. The minimum atomic E-state index is -0.470. The molecule has 0 aliphatic carbocycles. The minimum absolute atomic E-state index is 0.164. The van der Waals surface area contributed by atoms with E-state index in [1.54, 1.807) is 24.3 Å². The molecule has 0 saturated carbocycles. The number of carbonyl (C=O) groups is 1. The summed E-state index contributed by atoms with van der Waals surface area (Å²) in [7, 11) is 3.07. The van der Waals surface area contributed by atoms with Crippen molar-refractivity contribution in [3.63, 3.8) is 0 Å². The lowest BCUT2D eigenvalue weighted by molar-refractivity contribution is -0.115. The highest BCUT2D eigenvalue weighted by Gasteiger charge is 2.09. The van der Waals surface area contributed by atoms with Gasteiger partial charge in [0.15, 0.2) is 6.29 Å². The minimum Gasteiger partial charge on any atom is -0.352 e. The third kappa shape index (κ3) is 3.87. The van der Waals surface area contributed by atoms with Crippen molar-refractivity contribution in [3.05, 3.63) is 29.8 Å². The third-order valence-electron chi connectivity index (χ3n) is 2.11. The van der Waals surface area contributed by atoms with Gasteiger partial charge in [0.1, 0.15) is 6.42 Å². The molecule has 90 valence electrons. The van der Waals surface area contributed by atoms with Gasteiger partial charge in [0.25, 0.3) is 0 Å². The van der Waals surface area contributed by atoms with Crippen molar-refractivity contribution >= 4 is 11.6 Å². The van der Waals surface area contributed by atoms with Crippen molar-refractivity contribution in [2.45, 2.75) is 12.7 Å². The lowest BCUT2D eigenvalue weighted by Crippen LogP contribution is -2.11. The molecular weight excluding hydrogens is 220 g/mol. The number of nitriles is 1. The van der Waals surface area contributed by atoms with Crippen molar-refractivity contribution < 1.29 is 14.3 Å². The summed E-state index contributed by atoms with van der Waals surface area (Å²) < 4.78 is 10.2. The first-order chi connectivity index (χ1) is 8.21. The predicted molar refractivity (Wildman–Crippen MR) is 62.1 cm³/mol. The molecule has 0 unspecified atom stereocenters. The Kier molecular flexibility index (Phi) is 5.14. The van der Waals surface area contributed by atoms with Gasteiger partial charge < -0.3 is 14.8 Å². The van der Waals surface area contributed by atoms with Gasteiger partial charge in [0.05, 0.1) is 6.07 Å². The van der Waals surface area contributed by atoms with E-state index in [0.29, 0.717) is 5.69 Å². The van der Waals surface area contributed by atoms with Gasteiger partial charge in [-0.15, -0.1) is 0 Å². The van der Waals surface area contributed by atoms with Crippen molar-refractivity contribution in [1.29, 1.82) is 5.26 Å². The fraction of sp³-hybridized carbons (Fsp3) is 0.333. The lowest BCUT2D eigenvalue weighted by Gasteiger charge is -2.14. The number of benzene rings is 1. The van der Waals surface area contributed by atoms with Crippen LogP contribution in [0.15, 0.2) is 24.3 Å². The van der Waals surface area contributed by atoms with Crippen LogP contribution in [0.5, 0.6) is 0 Å². The maximum atomic E-state index is 11.2.